The quantitative estimate of drug-likeness (QED) is 0.571. The summed E-state index contributed by atoms with van der Waals surface area (Å²) in [6, 6.07) is 13.4. The van der Waals surface area contributed by atoms with Gasteiger partial charge in [0.15, 0.2) is 0 Å². The molecule has 3 heterocycles. The van der Waals surface area contributed by atoms with Gasteiger partial charge < -0.3 is 14.6 Å². The number of rotatable bonds is 5. The standard InChI is InChI=1S/C20H19N5O2/c1-25(12-13-4-3-5-16(8-13)27-2)20(26)18-9-14-6-7-17(23-19(14)24-18)15-10-21-22-11-15/h3-11H,12H2,1-2H3,(H,21,22)(H,23,24). The van der Waals surface area contributed by atoms with Crippen molar-refractivity contribution in [2.24, 2.45) is 0 Å². The van der Waals surface area contributed by atoms with Gasteiger partial charge in [0.2, 0.25) is 0 Å². The third-order valence-corrected chi connectivity index (χ3v) is 4.40. The summed E-state index contributed by atoms with van der Waals surface area (Å²) in [6.07, 6.45) is 3.50. The summed E-state index contributed by atoms with van der Waals surface area (Å²) in [5, 5.41) is 7.61. The number of hydrogen-bond acceptors (Lipinski definition) is 4. The van der Waals surface area contributed by atoms with E-state index in [4.69, 9.17) is 4.74 Å². The van der Waals surface area contributed by atoms with Gasteiger partial charge in [-0.3, -0.25) is 9.89 Å². The summed E-state index contributed by atoms with van der Waals surface area (Å²) in [6.45, 7) is 0.485. The van der Waals surface area contributed by atoms with E-state index in [-0.39, 0.29) is 5.91 Å². The molecule has 0 aliphatic heterocycles. The number of aromatic nitrogens is 4. The van der Waals surface area contributed by atoms with Crippen molar-refractivity contribution in [1.29, 1.82) is 0 Å². The molecule has 7 heteroatoms. The normalized spacial score (nSPS) is 10.9. The monoisotopic (exact) mass is 361 g/mol. The number of carbonyl (C=O) groups is 1. The second-order valence-electron chi connectivity index (χ2n) is 6.32. The summed E-state index contributed by atoms with van der Waals surface area (Å²) < 4.78 is 5.24. The number of benzene rings is 1. The molecule has 0 bridgehead atoms. The van der Waals surface area contributed by atoms with Crippen molar-refractivity contribution in [2.75, 3.05) is 14.2 Å². The largest absolute Gasteiger partial charge is 0.497 e. The molecule has 0 aliphatic carbocycles. The number of carbonyl (C=O) groups excluding carboxylic acids is 1. The van der Waals surface area contributed by atoms with Crippen LogP contribution in [0, 0.1) is 0 Å². The van der Waals surface area contributed by atoms with Crippen molar-refractivity contribution in [1.82, 2.24) is 25.1 Å². The van der Waals surface area contributed by atoms with E-state index in [0.29, 0.717) is 17.9 Å². The Balaban J connectivity index is 1.56. The SMILES string of the molecule is COc1cccc(CN(C)C(=O)c2cc3ccc(-c4cn[nH]c4)nc3[nH]2)c1. The third-order valence-electron chi connectivity index (χ3n) is 4.40. The van der Waals surface area contributed by atoms with Crippen LogP contribution in [0.2, 0.25) is 0 Å². The smallest absolute Gasteiger partial charge is 0.270 e. The number of amides is 1. The zero-order valence-corrected chi connectivity index (χ0v) is 15.1. The van der Waals surface area contributed by atoms with Crippen molar-refractivity contribution < 1.29 is 9.53 Å². The maximum atomic E-state index is 12.8. The van der Waals surface area contributed by atoms with Gasteiger partial charge in [0, 0.05) is 30.7 Å². The van der Waals surface area contributed by atoms with Gasteiger partial charge in [-0.05, 0) is 35.9 Å². The first-order chi connectivity index (χ1) is 13.1. The topological polar surface area (TPSA) is 86.9 Å². The fraction of sp³-hybridized carbons (Fsp3) is 0.150. The van der Waals surface area contributed by atoms with Gasteiger partial charge in [0.25, 0.3) is 5.91 Å². The van der Waals surface area contributed by atoms with E-state index in [1.54, 1.807) is 31.5 Å². The number of H-pyrrole nitrogens is 2. The molecule has 136 valence electrons. The second-order valence-corrected chi connectivity index (χ2v) is 6.32. The predicted octanol–water partition coefficient (Wildman–Crippen LogP) is 3.23. The van der Waals surface area contributed by atoms with E-state index in [1.165, 1.54) is 0 Å². The van der Waals surface area contributed by atoms with E-state index < -0.39 is 0 Å². The number of methoxy groups -OCH3 is 1. The molecule has 0 fully saturated rings. The zero-order chi connectivity index (χ0) is 18.8. The van der Waals surface area contributed by atoms with E-state index in [9.17, 15) is 4.79 Å². The Morgan fingerprint density at radius 1 is 1.22 bits per heavy atom. The zero-order valence-electron chi connectivity index (χ0n) is 15.1. The molecule has 0 aliphatic rings. The minimum absolute atomic E-state index is 0.0966. The number of hydrogen-bond donors (Lipinski definition) is 2. The van der Waals surface area contributed by atoms with Gasteiger partial charge in [-0.2, -0.15) is 5.10 Å². The minimum Gasteiger partial charge on any atom is -0.497 e. The molecule has 0 spiro atoms. The highest BCUT2D eigenvalue weighted by molar-refractivity contribution is 5.97. The van der Waals surface area contributed by atoms with Gasteiger partial charge in [0.1, 0.15) is 17.1 Å². The number of pyridine rings is 1. The molecule has 4 aromatic rings. The van der Waals surface area contributed by atoms with Crippen molar-refractivity contribution in [3.8, 4) is 17.0 Å². The highest BCUT2D eigenvalue weighted by Crippen LogP contribution is 2.21. The number of ether oxygens (including phenoxy) is 1. The maximum absolute atomic E-state index is 12.8. The molecular weight excluding hydrogens is 342 g/mol. The maximum Gasteiger partial charge on any atom is 0.270 e. The van der Waals surface area contributed by atoms with Crippen LogP contribution in [-0.2, 0) is 6.54 Å². The van der Waals surface area contributed by atoms with Crippen LogP contribution in [0.5, 0.6) is 5.75 Å². The third kappa shape index (κ3) is 3.39. The molecule has 0 unspecified atom stereocenters. The summed E-state index contributed by atoms with van der Waals surface area (Å²) in [4.78, 5) is 22.2. The van der Waals surface area contributed by atoms with E-state index in [2.05, 4.69) is 20.2 Å². The first-order valence-corrected chi connectivity index (χ1v) is 8.51. The Bertz CT molecular complexity index is 1080. The van der Waals surface area contributed by atoms with Gasteiger partial charge in [-0.25, -0.2) is 4.98 Å². The second kappa shape index (κ2) is 6.95. The minimum atomic E-state index is -0.0966. The van der Waals surface area contributed by atoms with Crippen LogP contribution in [0.15, 0.2) is 54.9 Å². The van der Waals surface area contributed by atoms with Crippen LogP contribution in [0.25, 0.3) is 22.3 Å². The Kier molecular flexibility index (Phi) is 4.33. The first kappa shape index (κ1) is 16.8. The van der Waals surface area contributed by atoms with Crippen LogP contribution in [0.4, 0.5) is 0 Å². The number of nitrogens with one attached hydrogen (secondary N) is 2. The van der Waals surface area contributed by atoms with Gasteiger partial charge in [-0.1, -0.05) is 12.1 Å². The molecule has 0 saturated heterocycles. The molecule has 7 nitrogen and oxygen atoms in total. The Morgan fingerprint density at radius 2 is 2.11 bits per heavy atom. The van der Waals surface area contributed by atoms with Crippen molar-refractivity contribution >= 4 is 16.9 Å². The highest BCUT2D eigenvalue weighted by atomic mass is 16.5. The summed E-state index contributed by atoms with van der Waals surface area (Å²) in [5.41, 5.74) is 3.87. The molecular formula is C20H19N5O2. The van der Waals surface area contributed by atoms with Crippen LogP contribution >= 0.6 is 0 Å². The lowest BCUT2D eigenvalue weighted by Gasteiger charge is -2.16. The average molecular weight is 361 g/mol. The Morgan fingerprint density at radius 3 is 2.89 bits per heavy atom. The van der Waals surface area contributed by atoms with Crippen molar-refractivity contribution in [3.05, 3.63) is 66.1 Å². The molecule has 0 radical (unpaired) electrons. The highest BCUT2D eigenvalue weighted by Gasteiger charge is 2.16. The molecule has 2 N–H and O–H groups in total. The molecule has 27 heavy (non-hydrogen) atoms. The molecule has 0 atom stereocenters. The summed E-state index contributed by atoms with van der Waals surface area (Å²) in [5.74, 6) is 0.676. The van der Waals surface area contributed by atoms with Crippen LogP contribution in [0.1, 0.15) is 16.1 Å². The lowest BCUT2D eigenvalue weighted by molar-refractivity contribution is 0.0780. The van der Waals surface area contributed by atoms with Crippen LogP contribution in [0.3, 0.4) is 0 Å². The lowest BCUT2D eigenvalue weighted by atomic mass is 10.2. The van der Waals surface area contributed by atoms with Gasteiger partial charge in [0.05, 0.1) is 19.0 Å². The predicted molar refractivity (Wildman–Crippen MR) is 102 cm³/mol. The number of nitrogens with zero attached hydrogens (tertiary/aromatic N) is 3. The van der Waals surface area contributed by atoms with Crippen molar-refractivity contribution in [2.45, 2.75) is 6.54 Å². The molecule has 0 saturated carbocycles. The molecule has 1 aromatic carbocycles. The first-order valence-electron chi connectivity index (χ1n) is 8.51. The number of aromatic amines is 2. The fourth-order valence-corrected chi connectivity index (χ4v) is 2.99. The molecule has 1 amide bonds. The molecule has 3 aromatic heterocycles. The van der Waals surface area contributed by atoms with E-state index in [1.807, 2.05) is 42.5 Å². The van der Waals surface area contributed by atoms with E-state index >= 15 is 0 Å². The van der Waals surface area contributed by atoms with E-state index in [0.717, 1.165) is 28.0 Å². The Hall–Kier alpha value is -3.61. The van der Waals surface area contributed by atoms with Gasteiger partial charge in [-0.15, -0.1) is 0 Å². The van der Waals surface area contributed by atoms with Crippen LogP contribution in [-0.4, -0.2) is 45.1 Å². The summed E-state index contributed by atoms with van der Waals surface area (Å²) >= 11 is 0. The van der Waals surface area contributed by atoms with Gasteiger partial charge >= 0.3 is 0 Å². The lowest BCUT2D eigenvalue weighted by Crippen LogP contribution is -2.26. The van der Waals surface area contributed by atoms with Crippen LogP contribution < -0.4 is 4.74 Å². The Labute approximate surface area is 156 Å². The average Bonchev–Trinajstić information content (AvgIpc) is 3.36. The summed E-state index contributed by atoms with van der Waals surface area (Å²) in [7, 11) is 3.40. The fourth-order valence-electron chi connectivity index (χ4n) is 2.99. The van der Waals surface area contributed by atoms with Crippen molar-refractivity contribution in [3.63, 3.8) is 0 Å². The number of fused-ring (bicyclic) bond motifs is 1. The molecule has 4 rings (SSSR count).